The molecule has 0 aromatic carbocycles. The van der Waals surface area contributed by atoms with E-state index >= 15 is 0 Å². The summed E-state index contributed by atoms with van der Waals surface area (Å²) in [6.07, 6.45) is 0. The van der Waals surface area contributed by atoms with Crippen LogP contribution in [0.1, 0.15) is 31.2 Å². The van der Waals surface area contributed by atoms with Gasteiger partial charge in [-0.05, 0) is 36.8 Å². The molecule has 1 aromatic heterocycles. The summed E-state index contributed by atoms with van der Waals surface area (Å²) >= 11 is 1.76. The third-order valence-electron chi connectivity index (χ3n) is 2.68. The van der Waals surface area contributed by atoms with Gasteiger partial charge in [-0.2, -0.15) is 0 Å². The van der Waals surface area contributed by atoms with E-state index in [0.29, 0.717) is 12.5 Å². The van der Waals surface area contributed by atoms with Crippen molar-refractivity contribution in [1.29, 1.82) is 0 Å². The predicted octanol–water partition coefficient (Wildman–Crippen LogP) is 2.78. The third-order valence-corrected chi connectivity index (χ3v) is 3.69. The van der Waals surface area contributed by atoms with E-state index in [1.54, 1.807) is 11.3 Å². The summed E-state index contributed by atoms with van der Waals surface area (Å²) in [6, 6.07) is 2.13. The Labute approximate surface area is 126 Å². The van der Waals surface area contributed by atoms with Crippen LogP contribution in [0, 0.1) is 12.8 Å². The lowest BCUT2D eigenvalue weighted by Crippen LogP contribution is -2.39. The topological polar surface area (TPSA) is 45.7 Å². The van der Waals surface area contributed by atoms with Crippen molar-refractivity contribution in [3.05, 3.63) is 21.9 Å². The fraction of sp³-hybridized carbons (Fsp3) is 0.667. The Balaban J connectivity index is 2.34. The number of nitrogens with one attached hydrogen (secondary N) is 2. The van der Waals surface area contributed by atoms with Gasteiger partial charge in [-0.3, -0.25) is 0 Å². The Kier molecular flexibility index (Phi) is 8.30. The van der Waals surface area contributed by atoms with Crippen LogP contribution in [-0.4, -0.2) is 32.3 Å². The fourth-order valence-corrected chi connectivity index (χ4v) is 2.45. The minimum atomic E-state index is 0.582. The molecule has 1 heterocycles. The zero-order valence-electron chi connectivity index (χ0n) is 13.0. The van der Waals surface area contributed by atoms with Crippen molar-refractivity contribution in [1.82, 2.24) is 10.6 Å². The van der Waals surface area contributed by atoms with Gasteiger partial charge in [0.05, 0.1) is 13.2 Å². The van der Waals surface area contributed by atoms with E-state index in [-0.39, 0.29) is 0 Å². The summed E-state index contributed by atoms with van der Waals surface area (Å²) in [4.78, 5) is 5.92. The van der Waals surface area contributed by atoms with Gasteiger partial charge >= 0.3 is 0 Å². The van der Waals surface area contributed by atoms with Crippen LogP contribution in [0.3, 0.4) is 0 Å². The molecule has 114 valence electrons. The van der Waals surface area contributed by atoms with Crippen LogP contribution in [0.4, 0.5) is 0 Å². The molecule has 4 nitrogen and oxygen atoms in total. The first-order valence-electron chi connectivity index (χ1n) is 7.26. The quantitative estimate of drug-likeness (QED) is 0.440. The second-order valence-electron chi connectivity index (χ2n) is 5.12. The number of guanidine groups is 1. The molecule has 0 aliphatic rings. The van der Waals surface area contributed by atoms with Crippen LogP contribution < -0.4 is 10.6 Å². The Hall–Kier alpha value is -1.07. The SMILES string of the molecule is CCNC(=NCc1sccc1C)NCCOCC(C)C. The van der Waals surface area contributed by atoms with E-state index < -0.39 is 0 Å². The lowest BCUT2D eigenvalue weighted by atomic mass is 10.2. The minimum Gasteiger partial charge on any atom is -0.379 e. The van der Waals surface area contributed by atoms with Crippen LogP contribution in [0.2, 0.25) is 0 Å². The van der Waals surface area contributed by atoms with Crippen molar-refractivity contribution in [2.24, 2.45) is 10.9 Å². The summed E-state index contributed by atoms with van der Waals surface area (Å²) in [5, 5.41) is 8.66. The number of hydrogen-bond acceptors (Lipinski definition) is 3. The second kappa shape index (κ2) is 9.77. The standard InChI is InChI=1S/C15H27N3OS/c1-5-16-15(17-7-8-19-11-12(2)3)18-10-14-13(4)6-9-20-14/h6,9,12H,5,7-8,10-11H2,1-4H3,(H2,16,17,18). The molecule has 0 saturated carbocycles. The summed E-state index contributed by atoms with van der Waals surface area (Å²) < 4.78 is 5.55. The molecule has 0 atom stereocenters. The molecule has 0 spiro atoms. The van der Waals surface area contributed by atoms with Crippen molar-refractivity contribution in [2.45, 2.75) is 34.2 Å². The summed E-state index contributed by atoms with van der Waals surface area (Å²) in [7, 11) is 0. The molecule has 2 N–H and O–H groups in total. The van der Waals surface area contributed by atoms with Crippen LogP contribution >= 0.6 is 11.3 Å². The van der Waals surface area contributed by atoms with Gasteiger partial charge in [0, 0.05) is 24.6 Å². The monoisotopic (exact) mass is 297 g/mol. The van der Waals surface area contributed by atoms with Gasteiger partial charge in [0.2, 0.25) is 0 Å². The molecule has 0 aliphatic carbocycles. The van der Waals surface area contributed by atoms with E-state index in [4.69, 9.17) is 4.74 Å². The summed E-state index contributed by atoms with van der Waals surface area (Å²) in [5.41, 5.74) is 1.31. The van der Waals surface area contributed by atoms with Gasteiger partial charge in [0.1, 0.15) is 0 Å². The first kappa shape index (κ1) is 17.0. The lowest BCUT2D eigenvalue weighted by molar-refractivity contribution is 0.114. The van der Waals surface area contributed by atoms with E-state index in [9.17, 15) is 0 Å². The van der Waals surface area contributed by atoms with Gasteiger partial charge in [-0.15, -0.1) is 11.3 Å². The van der Waals surface area contributed by atoms with Crippen LogP contribution in [-0.2, 0) is 11.3 Å². The number of ether oxygens (including phenoxy) is 1. The van der Waals surface area contributed by atoms with Gasteiger partial charge in [0.25, 0.3) is 0 Å². The Morgan fingerprint density at radius 1 is 1.40 bits per heavy atom. The minimum absolute atomic E-state index is 0.582. The maximum absolute atomic E-state index is 5.55. The number of thiophene rings is 1. The number of aryl methyl sites for hydroxylation is 1. The number of hydrogen-bond donors (Lipinski definition) is 2. The highest BCUT2D eigenvalue weighted by atomic mass is 32.1. The Bertz CT molecular complexity index is 402. The molecule has 0 saturated heterocycles. The molecule has 0 fully saturated rings. The molecule has 0 bridgehead atoms. The van der Waals surface area contributed by atoms with E-state index in [1.165, 1.54) is 10.4 Å². The molecule has 20 heavy (non-hydrogen) atoms. The Morgan fingerprint density at radius 3 is 2.80 bits per heavy atom. The van der Waals surface area contributed by atoms with Crippen molar-refractivity contribution >= 4 is 17.3 Å². The van der Waals surface area contributed by atoms with E-state index in [2.05, 4.69) is 54.8 Å². The summed E-state index contributed by atoms with van der Waals surface area (Å²) in [5.74, 6) is 1.44. The zero-order valence-corrected chi connectivity index (χ0v) is 13.8. The maximum atomic E-state index is 5.55. The molecular formula is C15H27N3OS. The van der Waals surface area contributed by atoms with Crippen LogP contribution in [0.15, 0.2) is 16.4 Å². The molecule has 0 aliphatic heterocycles. The van der Waals surface area contributed by atoms with Crippen molar-refractivity contribution < 1.29 is 4.74 Å². The van der Waals surface area contributed by atoms with Gasteiger partial charge in [-0.25, -0.2) is 4.99 Å². The number of nitrogens with zero attached hydrogens (tertiary/aromatic N) is 1. The first-order valence-corrected chi connectivity index (χ1v) is 8.14. The van der Waals surface area contributed by atoms with E-state index in [0.717, 1.165) is 32.2 Å². The fourth-order valence-electron chi connectivity index (χ4n) is 1.62. The highest BCUT2D eigenvalue weighted by molar-refractivity contribution is 7.10. The lowest BCUT2D eigenvalue weighted by Gasteiger charge is -2.12. The van der Waals surface area contributed by atoms with Crippen LogP contribution in [0.25, 0.3) is 0 Å². The zero-order chi connectivity index (χ0) is 14.8. The maximum Gasteiger partial charge on any atom is 0.191 e. The average Bonchev–Trinajstić information content (AvgIpc) is 2.80. The number of rotatable bonds is 8. The van der Waals surface area contributed by atoms with Crippen molar-refractivity contribution in [2.75, 3.05) is 26.3 Å². The van der Waals surface area contributed by atoms with Crippen molar-refractivity contribution in [3.63, 3.8) is 0 Å². The highest BCUT2D eigenvalue weighted by Gasteiger charge is 2.01. The smallest absolute Gasteiger partial charge is 0.191 e. The molecular weight excluding hydrogens is 270 g/mol. The van der Waals surface area contributed by atoms with Gasteiger partial charge < -0.3 is 15.4 Å². The average molecular weight is 297 g/mol. The third kappa shape index (κ3) is 6.91. The molecule has 1 rings (SSSR count). The molecule has 0 radical (unpaired) electrons. The normalized spacial score (nSPS) is 11.9. The van der Waals surface area contributed by atoms with E-state index in [1.807, 2.05) is 0 Å². The van der Waals surface area contributed by atoms with Crippen LogP contribution in [0.5, 0.6) is 0 Å². The summed E-state index contributed by atoms with van der Waals surface area (Å²) in [6.45, 7) is 12.4. The molecule has 0 unspecified atom stereocenters. The first-order chi connectivity index (χ1) is 9.63. The second-order valence-corrected chi connectivity index (χ2v) is 6.12. The number of aliphatic imine (C=N–C) groups is 1. The Morgan fingerprint density at radius 2 is 2.20 bits per heavy atom. The largest absolute Gasteiger partial charge is 0.379 e. The van der Waals surface area contributed by atoms with Crippen molar-refractivity contribution in [3.8, 4) is 0 Å². The van der Waals surface area contributed by atoms with Gasteiger partial charge in [-0.1, -0.05) is 13.8 Å². The highest BCUT2D eigenvalue weighted by Crippen LogP contribution is 2.16. The predicted molar refractivity (Wildman–Crippen MR) is 87.5 cm³/mol. The molecule has 5 heteroatoms. The molecule has 1 aromatic rings. The van der Waals surface area contributed by atoms with Gasteiger partial charge in [0.15, 0.2) is 5.96 Å². The molecule has 0 amide bonds.